The zero-order valence-corrected chi connectivity index (χ0v) is 33.6. The molecule has 0 aliphatic heterocycles. The first-order valence-electron chi connectivity index (χ1n) is 18.3. The number of nitrogens with one attached hydrogen (secondary N) is 2. The third kappa shape index (κ3) is 7.42. The zero-order chi connectivity index (χ0) is 42.5. The molecule has 12 nitrogen and oxygen atoms in total. The number of aromatic nitrogens is 7. The van der Waals surface area contributed by atoms with Gasteiger partial charge in [0.25, 0.3) is 12.3 Å². The molecule has 0 bridgehead atoms. The maximum absolute atomic E-state index is 15.5. The van der Waals surface area contributed by atoms with E-state index in [-0.39, 0.29) is 45.9 Å². The van der Waals surface area contributed by atoms with Crippen LogP contribution in [-0.2, 0) is 46.3 Å². The average Bonchev–Trinajstić information content (AvgIpc) is 3.36. The number of benzene rings is 2. The number of carbonyl (C=O) groups is 1. The van der Waals surface area contributed by atoms with Crippen LogP contribution in [0.2, 0.25) is 5.02 Å². The van der Waals surface area contributed by atoms with Crippen LogP contribution in [0, 0.1) is 17.6 Å². The van der Waals surface area contributed by atoms with E-state index >= 15 is 8.78 Å². The predicted molar refractivity (Wildman–Crippen MR) is 207 cm³/mol. The molecule has 4 aromatic heterocycles. The van der Waals surface area contributed by atoms with Crippen LogP contribution < -0.4 is 10.0 Å². The van der Waals surface area contributed by atoms with Crippen molar-refractivity contribution in [3.8, 4) is 22.4 Å². The Labute approximate surface area is 338 Å². The largest absolute Gasteiger partial charge is 0.346 e. The number of nitrogens with zero attached hydrogens (tertiary/aromatic N) is 7. The highest BCUT2D eigenvalue weighted by Crippen LogP contribution is 2.68. The minimum Gasteiger partial charge on any atom is -0.346 e. The quantitative estimate of drug-likeness (QED) is 0.126. The van der Waals surface area contributed by atoms with E-state index in [1.807, 2.05) is 20.8 Å². The number of fused-ring (bicyclic) bond motifs is 4. The number of anilines is 1. The highest BCUT2D eigenvalue weighted by atomic mass is 35.5. The third-order valence-corrected chi connectivity index (χ3v) is 11.4. The van der Waals surface area contributed by atoms with Crippen LogP contribution in [0.5, 0.6) is 0 Å². The molecule has 1 amide bonds. The molecule has 59 heavy (non-hydrogen) atoms. The number of hydrogen-bond donors (Lipinski definition) is 2. The molecular formula is C39H36ClF6N9O3S. The normalized spacial score (nSPS) is 17.6. The molecule has 20 heteroatoms. The van der Waals surface area contributed by atoms with Gasteiger partial charge in [-0.15, -0.1) is 0 Å². The number of rotatable bonds is 11. The maximum atomic E-state index is 15.5. The van der Waals surface area contributed by atoms with Crippen LogP contribution in [0.25, 0.3) is 33.3 Å². The summed E-state index contributed by atoms with van der Waals surface area (Å²) in [5.74, 6) is -8.26. The Morgan fingerprint density at radius 1 is 1.03 bits per heavy atom. The van der Waals surface area contributed by atoms with Gasteiger partial charge in [-0.2, -0.15) is 24.1 Å². The molecule has 1 fully saturated rings. The molecular weight excluding hydrogens is 824 g/mol. The van der Waals surface area contributed by atoms with E-state index in [0.717, 1.165) is 18.4 Å². The fourth-order valence-corrected chi connectivity index (χ4v) is 8.66. The number of amides is 1. The Hall–Kier alpha value is -5.43. The van der Waals surface area contributed by atoms with Crippen molar-refractivity contribution in [1.82, 2.24) is 39.6 Å². The lowest BCUT2D eigenvalue weighted by atomic mass is 9.93. The topological polar surface area (TPSA) is 142 Å². The summed E-state index contributed by atoms with van der Waals surface area (Å²) < 4.78 is 119. The highest BCUT2D eigenvalue weighted by Gasteiger charge is 2.67. The van der Waals surface area contributed by atoms with Gasteiger partial charge in [0.05, 0.1) is 51.3 Å². The van der Waals surface area contributed by atoms with Gasteiger partial charge >= 0.3 is 0 Å². The minimum atomic E-state index is -3.82. The van der Waals surface area contributed by atoms with E-state index in [0.29, 0.717) is 38.6 Å². The van der Waals surface area contributed by atoms with Crippen LogP contribution in [0.15, 0.2) is 54.9 Å². The first kappa shape index (κ1) is 40.4. The van der Waals surface area contributed by atoms with Gasteiger partial charge in [0.15, 0.2) is 5.82 Å². The number of aryl methyl sites for hydroxylation is 1. The lowest BCUT2D eigenvalue weighted by Gasteiger charge is -2.23. The molecule has 3 atom stereocenters. The van der Waals surface area contributed by atoms with Crippen molar-refractivity contribution in [2.75, 3.05) is 11.0 Å². The Morgan fingerprint density at radius 3 is 2.37 bits per heavy atom. The van der Waals surface area contributed by atoms with Gasteiger partial charge in [-0.05, 0) is 69.4 Å². The molecule has 8 rings (SSSR count). The molecule has 2 N–H and O–H groups in total. The fraction of sp³-hybridized carbons (Fsp3) is 0.359. The second kappa shape index (κ2) is 14.1. The monoisotopic (exact) mass is 859 g/mol. The minimum absolute atomic E-state index is 0.0315. The molecule has 6 aromatic rings. The molecule has 0 unspecified atom stereocenters. The molecule has 0 saturated heterocycles. The number of hydrogen-bond acceptors (Lipinski definition) is 7. The number of sulfonamides is 1. The van der Waals surface area contributed by atoms with Gasteiger partial charge in [-0.25, -0.2) is 31.0 Å². The Morgan fingerprint density at radius 2 is 1.73 bits per heavy atom. The van der Waals surface area contributed by atoms with Gasteiger partial charge in [-0.1, -0.05) is 23.7 Å². The maximum Gasteiger partial charge on any atom is 0.293 e. The van der Waals surface area contributed by atoms with Crippen molar-refractivity contribution in [2.45, 2.75) is 70.0 Å². The van der Waals surface area contributed by atoms with Crippen molar-refractivity contribution in [1.29, 1.82) is 0 Å². The van der Waals surface area contributed by atoms with E-state index in [2.05, 4.69) is 25.3 Å². The highest BCUT2D eigenvalue weighted by molar-refractivity contribution is 7.92. The van der Waals surface area contributed by atoms with E-state index in [1.165, 1.54) is 10.7 Å². The van der Waals surface area contributed by atoms with E-state index in [4.69, 9.17) is 16.6 Å². The van der Waals surface area contributed by atoms with Gasteiger partial charge in [0, 0.05) is 47.5 Å². The summed E-state index contributed by atoms with van der Waals surface area (Å²) in [6, 6.07) is 8.03. The zero-order valence-electron chi connectivity index (χ0n) is 32.0. The van der Waals surface area contributed by atoms with E-state index < -0.39 is 81.3 Å². The standard InChI is InChI=1S/C39H36ClF6N9O3S/c1-38(2,3)55-16-19(15-47-55)27-9-7-22(23-6-8-26(40)31-34(23)53(4)51-37(31)52-59(5,57)58)32(49-27)28(12-18-10-20(41)13-21(42)11-18)48-29(56)17-54-35-30(33(50-54)36(43)44)24-14-25(24)39(35,45)46/h6-11,13,15-16,24-25,28,36H,12,14,17H2,1-5H3,(H,48,56)(H,51,52)/t24-,25+,28-/m0/s1. The molecule has 4 heterocycles. The fourth-order valence-electron chi connectivity index (χ4n) is 7.93. The smallest absolute Gasteiger partial charge is 0.293 e. The van der Waals surface area contributed by atoms with Crippen molar-refractivity contribution in [3.63, 3.8) is 0 Å². The van der Waals surface area contributed by atoms with Crippen molar-refractivity contribution in [3.05, 3.63) is 99.7 Å². The second-order valence-corrected chi connectivity index (χ2v) is 18.1. The summed E-state index contributed by atoms with van der Waals surface area (Å²) in [5, 5.41) is 15.8. The Kier molecular flexibility index (Phi) is 9.65. The molecule has 0 radical (unpaired) electrons. The number of halogens is 7. The summed E-state index contributed by atoms with van der Waals surface area (Å²) in [7, 11) is -2.26. The van der Waals surface area contributed by atoms with Crippen molar-refractivity contribution < 1.29 is 39.6 Å². The molecule has 2 aliphatic carbocycles. The Balaban J connectivity index is 1.30. The molecule has 0 spiro atoms. The average molecular weight is 860 g/mol. The molecule has 310 valence electrons. The second-order valence-electron chi connectivity index (χ2n) is 15.9. The van der Waals surface area contributed by atoms with Crippen LogP contribution in [0.1, 0.15) is 73.8 Å². The summed E-state index contributed by atoms with van der Waals surface area (Å²) >= 11 is 6.64. The summed E-state index contributed by atoms with van der Waals surface area (Å²) in [6.07, 6.45) is 0.868. The van der Waals surface area contributed by atoms with Gasteiger partial charge < -0.3 is 5.32 Å². The SMILES string of the molecule is Cn1nc(NS(C)(=O)=O)c2c(Cl)ccc(-c3ccc(-c4cnn(C(C)(C)C)c4)nc3[C@H](Cc3cc(F)cc(F)c3)NC(=O)Cn3nc(C(F)F)c4c3C(F)(F)[C@@H]3C[C@H]43)c21. The van der Waals surface area contributed by atoms with E-state index in [1.54, 1.807) is 42.3 Å². The summed E-state index contributed by atoms with van der Waals surface area (Å²) in [4.78, 5) is 19.1. The number of pyridine rings is 1. The molecule has 2 aliphatic rings. The van der Waals surface area contributed by atoms with Gasteiger partial charge in [0.1, 0.15) is 29.6 Å². The van der Waals surface area contributed by atoms with Crippen molar-refractivity contribution in [2.24, 2.45) is 13.0 Å². The summed E-state index contributed by atoms with van der Waals surface area (Å²) in [6.45, 7) is 4.94. The van der Waals surface area contributed by atoms with Gasteiger partial charge in [-0.3, -0.25) is 23.6 Å². The number of alkyl halides is 4. The predicted octanol–water partition coefficient (Wildman–Crippen LogP) is 8.00. The summed E-state index contributed by atoms with van der Waals surface area (Å²) in [5.41, 5.74) is 0.0103. The van der Waals surface area contributed by atoms with E-state index in [9.17, 15) is 30.8 Å². The van der Waals surface area contributed by atoms with Crippen LogP contribution >= 0.6 is 11.6 Å². The number of carbonyl (C=O) groups excluding carboxylic acids is 1. The first-order chi connectivity index (χ1) is 27.6. The third-order valence-electron chi connectivity index (χ3n) is 10.5. The molecule has 1 saturated carbocycles. The van der Waals surface area contributed by atoms with Crippen LogP contribution in [0.4, 0.5) is 32.2 Å². The van der Waals surface area contributed by atoms with Gasteiger partial charge in [0.2, 0.25) is 15.9 Å². The van der Waals surface area contributed by atoms with Crippen molar-refractivity contribution >= 4 is 44.3 Å². The Bertz CT molecular complexity index is 2780. The lowest BCUT2D eigenvalue weighted by Crippen LogP contribution is -2.35. The first-order valence-corrected chi connectivity index (χ1v) is 20.6. The molecule has 2 aromatic carbocycles. The lowest BCUT2D eigenvalue weighted by molar-refractivity contribution is -0.123. The van der Waals surface area contributed by atoms with Crippen LogP contribution in [0.3, 0.4) is 0 Å². The van der Waals surface area contributed by atoms with Crippen LogP contribution in [-0.4, -0.2) is 54.9 Å².